The number of hydrogen-bond acceptors (Lipinski definition) is 2. The molecule has 3 nitrogen and oxygen atoms in total. The lowest BCUT2D eigenvalue weighted by atomic mass is 10.1. The number of ketones is 1. The van der Waals surface area contributed by atoms with E-state index in [4.69, 9.17) is 5.11 Å². The van der Waals surface area contributed by atoms with Crippen molar-refractivity contribution in [3.63, 3.8) is 0 Å². The van der Waals surface area contributed by atoms with Gasteiger partial charge in [0.25, 0.3) is 5.78 Å². The minimum Gasteiger partial charge on any atom is -0.475 e. The molecule has 0 atom stereocenters. The van der Waals surface area contributed by atoms with E-state index in [9.17, 15) is 9.59 Å². The topological polar surface area (TPSA) is 54.4 Å². The maximum absolute atomic E-state index is 11.2. The zero-order valence-electron chi connectivity index (χ0n) is 6.25. The van der Waals surface area contributed by atoms with Gasteiger partial charge in [0, 0.05) is 7.14 Å². The normalized spacial score (nSPS) is 9.69. The summed E-state index contributed by atoms with van der Waals surface area (Å²) in [4.78, 5) is 21.6. The number of hydrogen-bond donors (Lipinski definition) is 1. The molecule has 0 spiro atoms. The Kier molecular flexibility index (Phi) is 3.65. The molecule has 68 valence electrons. The van der Waals surface area contributed by atoms with Crippen LogP contribution in [0.1, 0.15) is 10.4 Å². The molecule has 0 saturated heterocycles. The first-order valence-electron chi connectivity index (χ1n) is 3.25. The maximum atomic E-state index is 11.2. The monoisotopic (exact) mass is 402 g/mol. The Morgan fingerprint density at radius 1 is 1.15 bits per heavy atom. The van der Waals surface area contributed by atoms with E-state index in [1.165, 1.54) is 0 Å². The van der Waals surface area contributed by atoms with Crippen molar-refractivity contribution in [1.29, 1.82) is 0 Å². The van der Waals surface area contributed by atoms with E-state index in [0.29, 0.717) is 7.14 Å². The summed E-state index contributed by atoms with van der Waals surface area (Å²) in [5.41, 5.74) is 0.274. The smallest absolute Gasteiger partial charge is 0.377 e. The third-order valence-electron chi connectivity index (χ3n) is 1.38. The van der Waals surface area contributed by atoms with E-state index in [0.717, 1.165) is 0 Å². The number of carboxylic acids is 1. The third kappa shape index (κ3) is 2.39. The largest absolute Gasteiger partial charge is 0.475 e. The Balaban J connectivity index is 3.28. The minimum atomic E-state index is -1.41. The zero-order valence-corrected chi connectivity index (χ0v) is 10.6. The number of rotatable bonds is 2. The second-order valence-electron chi connectivity index (χ2n) is 2.23. The maximum Gasteiger partial charge on any atom is 0.377 e. The molecule has 0 radical (unpaired) electrons. The van der Waals surface area contributed by atoms with Crippen LogP contribution in [0.15, 0.2) is 18.2 Å². The van der Waals surface area contributed by atoms with Crippen LogP contribution in [-0.4, -0.2) is 16.9 Å². The Hall–Kier alpha value is -0.180. The van der Waals surface area contributed by atoms with Gasteiger partial charge in [0.05, 0.1) is 5.56 Å². The molecular formula is C8H4I2O3. The molecule has 0 aliphatic heterocycles. The highest BCUT2D eigenvalue weighted by Crippen LogP contribution is 2.19. The van der Waals surface area contributed by atoms with Crippen LogP contribution in [0.2, 0.25) is 0 Å². The van der Waals surface area contributed by atoms with Gasteiger partial charge >= 0.3 is 5.97 Å². The molecule has 1 rings (SSSR count). The van der Waals surface area contributed by atoms with Gasteiger partial charge in [-0.2, -0.15) is 0 Å². The summed E-state index contributed by atoms with van der Waals surface area (Å²) in [6.45, 7) is 0. The standard InChI is InChI=1S/C8H4I2O3/c9-4-2-1-3-5(10)6(4)7(11)8(12)13/h1-3H,(H,12,13). The Labute approximate surface area is 102 Å². The zero-order chi connectivity index (χ0) is 10.0. The summed E-state index contributed by atoms with van der Waals surface area (Å²) in [5, 5.41) is 8.53. The third-order valence-corrected chi connectivity index (χ3v) is 3.18. The molecule has 1 aromatic carbocycles. The van der Waals surface area contributed by atoms with Gasteiger partial charge in [0.1, 0.15) is 0 Å². The first kappa shape index (κ1) is 10.9. The number of aliphatic carboxylic acids is 1. The fourth-order valence-electron chi connectivity index (χ4n) is 0.822. The summed E-state index contributed by atoms with van der Waals surface area (Å²) in [5.74, 6) is -2.27. The van der Waals surface area contributed by atoms with Crippen LogP contribution < -0.4 is 0 Å². The molecule has 0 aliphatic rings. The van der Waals surface area contributed by atoms with E-state index in [2.05, 4.69) is 0 Å². The lowest BCUT2D eigenvalue weighted by Crippen LogP contribution is -2.15. The molecule has 1 aromatic rings. The van der Waals surface area contributed by atoms with E-state index < -0.39 is 11.8 Å². The van der Waals surface area contributed by atoms with Crippen LogP contribution in [-0.2, 0) is 4.79 Å². The molecule has 13 heavy (non-hydrogen) atoms. The molecule has 0 saturated carbocycles. The van der Waals surface area contributed by atoms with Gasteiger partial charge in [-0.3, -0.25) is 4.79 Å². The van der Waals surface area contributed by atoms with E-state index >= 15 is 0 Å². The van der Waals surface area contributed by atoms with Gasteiger partial charge < -0.3 is 5.11 Å². The number of carboxylic acid groups (broad SMARTS) is 1. The van der Waals surface area contributed by atoms with E-state index in [1.54, 1.807) is 18.2 Å². The lowest BCUT2D eigenvalue weighted by Gasteiger charge is -2.01. The van der Waals surface area contributed by atoms with Gasteiger partial charge in [-0.05, 0) is 57.3 Å². The van der Waals surface area contributed by atoms with E-state index in [-0.39, 0.29) is 5.56 Å². The van der Waals surface area contributed by atoms with Gasteiger partial charge in [-0.25, -0.2) is 4.79 Å². The van der Waals surface area contributed by atoms with Gasteiger partial charge in [-0.1, -0.05) is 6.07 Å². The molecule has 0 amide bonds. The van der Waals surface area contributed by atoms with Crippen molar-refractivity contribution in [3.05, 3.63) is 30.9 Å². The fraction of sp³-hybridized carbons (Fsp3) is 0. The van der Waals surface area contributed by atoms with Crippen LogP contribution in [0.25, 0.3) is 0 Å². The number of carbonyl (C=O) groups excluding carboxylic acids is 1. The van der Waals surface area contributed by atoms with Crippen molar-refractivity contribution < 1.29 is 14.7 Å². The molecule has 1 N–H and O–H groups in total. The predicted molar refractivity (Wildman–Crippen MR) is 63.8 cm³/mol. The molecule has 0 unspecified atom stereocenters. The number of carbonyl (C=O) groups is 2. The molecule has 0 aromatic heterocycles. The van der Waals surface area contributed by atoms with Crippen molar-refractivity contribution in [2.24, 2.45) is 0 Å². The second kappa shape index (κ2) is 4.36. The van der Waals surface area contributed by atoms with Crippen molar-refractivity contribution >= 4 is 56.9 Å². The number of benzene rings is 1. The second-order valence-corrected chi connectivity index (χ2v) is 4.56. The molecule has 0 aliphatic carbocycles. The molecule has 5 heteroatoms. The molecular weight excluding hydrogens is 398 g/mol. The Morgan fingerprint density at radius 3 is 2.00 bits per heavy atom. The average Bonchev–Trinajstić information content (AvgIpc) is 2.03. The average molecular weight is 402 g/mol. The van der Waals surface area contributed by atoms with Gasteiger partial charge in [0.2, 0.25) is 0 Å². The van der Waals surface area contributed by atoms with Crippen LogP contribution in [0, 0.1) is 7.14 Å². The number of halogens is 2. The summed E-state index contributed by atoms with van der Waals surface area (Å²) >= 11 is 3.89. The highest BCUT2D eigenvalue weighted by Gasteiger charge is 2.19. The summed E-state index contributed by atoms with van der Waals surface area (Å²) in [6.07, 6.45) is 0. The van der Waals surface area contributed by atoms with Crippen LogP contribution >= 0.6 is 45.2 Å². The van der Waals surface area contributed by atoms with Crippen LogP contribution in [0.4, 0.5) is 0 Å². The van der Waals surface area contributed by atoms with Gasteiger partial charge in [-0.15, -0.1) is 0 Å². The van der Waals surface area contributed by atoms with Crippen molar-refractivity contribution in [2.75, 3.05) is 0 Å². The summed E-state index contributed by atoms with van der Waals surface area (Å²) in [6, 6.07) is 5.19. The van der Waals surface area contributed by atoms with Gasteiger partial charge in [0.15, 0.2) is 0 Å². The highest BCUT2D eigenvalue weighted by atomic mass is 127. The minimum absolute atomic E-state index is 0.274. The number of Topliss-reactive ketones (excluding diaryl/α,β-unsaturated/α-hetero) is 1. The quantitative estimate of drug-likeness (QED) is 0.469. The van der Waals surface area contributed by atoms with Crippen molar-refractivity contribution in [1.82, 2.24) is 0 Å². The lowest BCUT2D eigenvalue weighted by molar-refractivity contribution is -0.131. The van der Waals surface area contributed by atoms with Crippen molar-refractivity contribution in [3.8, 4) is 0 Å². The van der Waals surface area contributed by atoms with E-state index in [1.807, 2.05) is 45.2 Å². The first-order chi connectivity index (χ1) is 6.04. The SMILES string of the molecule is O=C(O)C(=O)c1c(I)cccc1I. The highest BCUT2D eigenvalue weighted by molar-refractivity contribution is 14.1. The van der Waals surface area contributed by atoms with Crippen LogP contribution in [0.5, 0.6) is 0 Å². The summed E-state index contributed by atoms with van der Waals surface area (Å²) in [7, 11) is 0. The molecule has 0 bridgehead atoms. The fourth-order valence-corrected chi connectivity index (χ4v) is 2.82. The molecule has 0 heterocycles. The first-order valence-corrected chi connectivity index (χ1v) is 5.41. The Bertz CT molecular complexity index is 353. The molecule has 0 fully saturated rings. The van der Waals surface area contributed by atoms with Crippen LogP contribution in [0.3, 0.4) is 0 Å². The Morgan fingerprint density at radius 2 is 1.62 bits per heavy atom. The van der Waals surface area contributed by atoms with Crippen molar-refractivity contribution in [2.45, 2.75) is 0 Å². The summed E-state index contributed by atoms with van der Waals surface area (Å²) < 4.78 is 1.33. The predicted octanol–water partition coefficient (Wildman–Crippen LogP) is 2.16.